The van der Waals surface area contributed by atoms with Gasteiger partial charge in [-0.3, -0.25) is 0 Å². The summed E-state index contributed by atoms with van der Waals surface area (Å²) in [4.78, 5) is 4.07. The maximum atomic E-state index is 13.1. The van der Waals surface area contributed by atoms with Crippen molar-refractivity contribution < 1.29 is 4.39 Å². The van der Waals surface area contributed by atoms with Crippen molar-refractivity contribution in [2.75, 3.05) is 5.75 Å². The van der Waals surface area contributed by atoms with Crippen LogP contribution in [0.5, 0.6) is 0 Å². The molecule has 0 bridgehead atoms. The maximum Gasteiger partial charge on any atom is 0.212 e. The van der Waals surface area contributed by atoms with Gasteiger partial charge in [-0.2, -0.15) is 9.78 Å². The van der Waals surface area contributed by atoms with E-state index in [1.165, 1.54) is 12.1 Å². The molecule has 0 saturated heterocycles. The minimum atomic E-state index is -0.260. The molecule has 0 amide bonds. The Morgan fingerprint density at radius 1 is 1.12 bits per heavy atom. The van der Waals surface area contributed by atoms with Crippen molar-refractivity contribution in [3.05, 3.63) is 70.5 Å². The number of fused-ring (bicyclic) bond motifs is 1. The molecule has 0 unspecified atom stereocenters. The van der Waals surface area contributed by atoms with Gasteiger partial charge in [0.15, 0.2) is 5.82 Å². The number of benzene rings is 1. The monoisotopic (exact) mass is 359 g/mol. The topological polar surface area (TPSA) is 56.0 Å². The first-order valence-corrected chi connectivity index (χ1v) is 8.57. The summed E-state index contributed by atoms with van der Waals surface area (Å²) in [5.74, 6) is 1.14. The molecular weight excluding hydrogens is 349 g/mol. The quantitative estimate of drug-likeness (QED) is 0.672. The van der Waals surface area contributed by atoms with Crippen molar-refractivity contribution in [1.82, 2.24) is 19.9 Å². The van der Waals surface area contributed by atoms with Crippen LogP contribution in [0.4, 0.5) is 4.39 Å². The smallest absolute Gasteiger partial charge is 0.212 e. The summed E-state index contributed by atoms with van der Waals surface area (Å²) in [6.07, 6.45) is 2.27. The predicted octanol–water partition coefficient (Wildman–Crippen LogP) is 3.41. The third kappa shape index (κ3) is 3.05. The molecule has 1 aliphatic heterocycles. The lowest BCUT2D eigenvalue weighted by atomic mass is 10.1. The van der Waals surface area contributed by atoms with Gasteiger partial charge in [-0.1, -0.05) is 41.6 Å². The van der Waals surface area contributed by atoms with Crippen LogP contribution >= 0.6 is 23.4 Å². The van der Waals surface area contributed by atoms with E-state index in [0.29, 0.717) is 17.3 Å². The molecule has 5 nitrogen and oxygen atoms in total. The fraction of sp³-hybridized carbons (Fsp3) is 0.125. The fourth-order valence-corrected chi connectivity index (χ4v) is 3.32. The Morgan fingerprint density at radius 2 is 1.96 bits per heavy atom. The molecule has 1 aromatic carbocycles. The summed E-state index contributed by atoms with van der Waals surface area (Å²) >= 11 is 7.37. The molecule has 0 fully saturated rings. The maximum absolute atomic E-state index is 13.1. The van der Waals surface area contributed by atoms with Gasteiger partial charge in [0.1, 0.15) is 11.0 Å². The van der Waals surface area contributed by atoms with E-state index in [4.69, 9.17) is 11.6 Å². The normalized spacial score (nSPS) is 13.5. The van der Waals surface area contributed by atoms with Crippen LogP contribution in [-0.2, 0) is 6.42 Å². The molecule has 0 spiro atoms. The second kappa shape index (κ2) is 6.33. The van der Waals surface area contributed by atoms with E-state index < -0.39 is 0 Å². The van der Waals surface area contributed by atoms with Crippen LogP contribution in [0.15, 0.2) is 52.9 Å². The summed E-state index contributed by atoms with van der Waals surface area (Å²) in [5, 5.41) is 14.2. The second-order valence-corrected chi connectivity index (χ2v) is 6.55. The van der Waals surface area contributed by atoms with E-state index in [2.05, 4.69) is 20.3 Å². The highest BCUT2D eigenvalue weighted by molar-refractivity contribution is 7.99. The van der Waals surface area contributed by atoms with Gasteiger partial charge in [0.25, 0.3) is 0 Å². The van der Waals surface area contributed by atoms with Gasteiger partial charge < -0.3 is 0 Å². The molecule has 0 N–H and O–H groups in total. The van der Waals surface area contributed by atoms with E-state index in [-0.39, 0.29) is 5.82 Å². The number of hydrogen-bond donors (Lipinski definition) is 0. The van der Waals surface area contributed by atoms with E-state index in [9.17, 15) is 4.39 Å². The molecule has 2 aromatic heterocycles. The number of aromatic nitrogens is 4. The highest BCUT2D eigenvalue weighted by Gasteiger charge is 2.20. The molecule has 0 radical (unpaired) electrons. The molecular formula is C16H11ClFN5S. The lowest BCUT2D eigenvalue weighted by molar-refractivity contribution is 0.627. The molecule has 120 valence electrons. The molecule has 4 rings (SSSR count). The molecule has 8 heteroatoms. The van der Waals surface area contributed by atoms with Crippen molar-refractivity contribution in [2.45, 2.75) is 11.6 Å². The summed E-state index contributed by atoms with van der Waals surface area (Å²) in [5.41, 5.74) is 2.73. The summed E-state index contributed by atoms with van der Waals surface area (Å²) in [6, 6.07) is 9.97. The molecule has 24 heavy (non-hydrogen) atoms. The minimum Gasteiger partial charge on any atom is -0.244 e. The standard InChI is InChI=1S/C16H11ClFN5S/c17-14-6-1-10(8-19-14)7-15-20-21-16-23(15)22-13(9-24-16)11-2-4-12(18)5-3-11/h1-6,8H,7,9H2. The second-order valence-electron chi connectivity index (χ2n) is 5.22. The van der Waals surface area contributed by atoms with Gasteiger partial charge in [-0.25, -0.2) is 9.37 Å². The third-order valence-electron chi connectivity index (χ3n) is 3.56. The average molecular weight is 360 g/mol. The van der Waals surface area contributed by atoms with Crippen LogP contribution in [0, 0.1) is 5.82 Å². The third-order valence-corrected chi connectivity index (χ3v) is 4.72. The van der Waals surface area contributed by atoms with Crippen LogP contribution in [-0.4, -0.2) is 31.3 Å². The first-order chi connectivity index (χ1) is 11.7. The molecule has 3 heterocycles. The van der Waals surface area contributed by atoms with Gasteiger partial charge >= 0.3 is 0 Å². The number of pyridine rings is 1. The molecule has 1 aliphatic rings. The number of rotatable bonds is 3. The Balaban J connectivity index is 1.66. The Kier molecular flexibility index (Phi) is 4.03. The van der Waals surface area contributed by atoms with E-state index >= 15 is 0 Å². The fourth-order valence-electron chi connectivity index (χ4n) is 2.36. The number of nitrogens with zero attached hydrogens (tertiary/aromatic N) is 5. The van der Waals surface area contributed by atoms with Crippen molar-refractivity contribution in [3.63, 3.8) is 0 Å². The highest BCUT2D eigenvalue weighted by atomic mass is 35.5. The Hall–Kier alpha value is -2.25. The van der Waals surface area contributed by atoms with E-state index in [1.807, 2.05) is 6.07 Å². The first-order valence-electron chi connectivity index (χ1n) is 7.20. The molecule has 0 atom stereocenters. The van der Waals surface area contributed by atoms with Crippen molar-refractivity contribution >= 4 is 29.1 Å². The summed E-state index contributed by atoms with van der Waals surface area (Å²) in [6.45, 7) is 0. The summed E-state index contributed by atoms with van der Waals surface area (Å²) < 4.78 is 14.8. The predicted molar refractivity (Wildman–Crippen MR) is 91.1 cm³/mol. The van der Waals surface area contributed by atoms with Crippen molar-refractivity contribution in [1.29, 1.82) is 0 Å². The van der Waals surface area contributed by atoms with Crippen molar-refractivity contribution in [2.24, 2.45) is 5.10 Å². The lowest BCUT2D eigenvalue weighted by Gasteiger charge is -2.13. The van der Waals surface area contributed by atoms with Gasteiger partial charge in [0.05, 0.1) is 5.71 Å². The number of halogens is 2. The van der Waals surface area contributed by atoms with Gasteiger partial charge in [-0.15, -0.1) is 10.2 Å². The largest absolute Gasteiger partial charge is 0.244 e. The van der Waals surface area contributed by atoms with Crippen LogP contribution in [0.1, 0.15) is 17.0 Å². The van der Waals surface area contributed by atoms with Gasteiger partial charge in [0, 0.05) is 18.4 Å². The van der Waals surface area contributed by atoms with Gasteiger partial charge in [-0.05, 0) is 29.3 Å². The number of thioether (sulfide) groups is 1. The van der Waals surface area contributed by atoms with Crippen LogP contribution < -0.4 is 0 Å². The Bertz CT molecular complexity index is 905. The minimum absolute atomic E-state index is 0.260. The zero-order chi connectivity index (χ0) is 16.5. The van der Waals surface area contributed by atoms with E-state index in [0.717, 1.165) is 27.8 Å². The van der Waals surface area contributed by atoms with Crippen LogP contribution in [0.25, 0.3) is 0 Å². The Morgan fingerprint density at radius 3 is 2.71 bits per heavy atom. The zero-order valence-electron chi connectivity index (χ0n) is 12.4. The van der Waals surface area contributed by atoms with Crippen molar-refractivity contribution in [3.8, 4) is 0 Å². The number of hydrogen-bond acceptors (Lipinski definition) is 5. The van der Waals surface area contributed by atoms with Crippen LogP contribution in [0.2, 0.25) is 5.15 Å². The Labute approximate surface area is 146 Å². The summed E-state index contributed by atoms with van der Waals surface area (Å²) in [7, 11) is 0. The zero-order valence-corrected chi connectivity index (χ0v) is 13.9. The first kappa shape index (κ1) is 15.3. The SMILES string of the molecule is Fc1ccc(C2=Nn3c(Cc4ccc(Cl)nc4)nnc3SC2)cc1. The van der Waals surface area contributed by atoms with Gasteiger partial charge in [0.2, 0.25) is 5.16 Å². The average Bonchev–Trinajstić information content (AvgIpc) is 3.00. The molecule has 3 aromatic rings. The lowest BCUT2D eigenvalue weighted by Crippen LogP contribution is -2.14. The van der Waals surface area contributed by atoms with Crippen LogP contribution in [0.3, 0.4) is 0 Å². The molecule has 0 aliphatic carbocycles. The molecule has 0 saturated carbocycles. The highest BCUT2D eigenvalue weighted by Crippen LogP contribution is 2.25. The van der Waals surface area contributed by atoms with E-state index in [1.54, 1.807) is 40.8 Å².